The third-order valence-electron chi connectivity index (χ3n) is 4.22. The van der Waals surface area contributed by atoms with Gasteiger partial charge in [0.15, 0.2) is 0 Å². The summed E-state index contributed by atoms with van der Waals surface area (Å²) in [6, 6.07) is 8.15. The Morgan fingerprint density at radius 2 is 1.89 bits per heavy atom. The summed E-state index contributed by atoms with van der Waals surface area (Å²) in [6.07, 6.45) is 5.25. The molecule has 2 heterocycles. The Bertz CT molecular complexity index is 980. The Balaban J connectivity index is 1.70. The first-order chi connectivity index (χ1) is 13.5. The Labute approximate surface area is 167 Å². The first-order valence-electron chi connectivity index (χ1n) is 8.95. The van der Waals surface area contributed by atoms with Gasteiger partial charge in [0, 0.05) is 30.3 Å². The minimum absolute atomic E-state index is 0.213. The fraction of sp³-hybridized carbons (Fsp3) is 0.263. The number of anilines is 2. The number of benzene rings is 1. The van der Waals surface area contributed by atoms with Crippen molar-refractivity contribution in [2.45, 2.75) is 32.9 Å². The molecule has 9 heteroatoms. The van der Waals surface area contributed by atoms with Gasteiger partial charge >= 0.3 is 0 Å². The molecule has 0 aliphatic heterocycles. The van der Waals surface area contributed by atoms with E-state index in [1.165, 1.54) is 10.9 Å². The Morgan fingerprint density at radius 1 is 1.14 bits per heavy atom. The third-order valence-corrected chi connectivity index (χ3v) is 4.41. The summed E-state index contributed by atoms with van der Waals surface area (Å²) in [5.74, 6) is -0.477. The van der Waals surface area contributed by atoms with E-state index in [1.807, 2.05) is 13.8 Å². The van der Waals surface area contributed by atoms with Gasteiger partial charge in [-0.3, -0.25) is 19.0 Å². The molecule has 8 nitrogen and oxygen atoms in total. The number of aromatic nitrogens is 4. The van der Waals surface area contributed by atoms with Crippen molar-refractivity contribution in [2.75, 3.05) is 10.6 Å². The highest BCUT2D eigenvalue weighted by molar-refractivity contribution is 6.30. The number of carbonyl (C=O) groups is 2. The molecule has 2 amide bonds. The summed E-state index contributed by atoms with van der Waals surface area (Å²) in [5.41, 5.74) is 1.61. The molecule has 3 rings (SSSR count). The average molecular weight is 401 g/mol. The maximum atomic E-state index is 12.6. The quantitative estimate of drug-likeness (QED) is 0.633. The van der Waals surface area contributed by atoms with E-state index in [0.717, 1.165) is 0 Å². The number of hydrogen-bond donors (Lipinski definition) is 2. The molecule has 2 N–H and O–H groups in total. The first-order valence-corrected chi connectivity index (χ1v) is 9.33. The lowest BCUT2D eigenvalue weighted by molar-refractivity contribution is -0.119. The van der Waals surface area contributed by atoms with Crippen LogP contribution in [-0.4, -0.2) is 31.4 Å². The van der Waals surface area contributed by atoms with Gasteiger partial charge in [0.1, 0.15) is 11.7 Å². The summed E-state index contributed by atoms with van der Waals surface area (Å²) in [4.78, 5) is 25.1. The van der Waals surface area contributed by atoms with Crippen molar-refractivity contribution < 1.29 is 9.59 Å². The largest absolute Gasteiger partial charge is 0.324 e. The van der Waals surface area contributed by atoms with Gasteiger partial charge in [-0.1, -0.05) is 24.6 Å². The molecule has 0 bridgehead atoms. The van der Waals surface area contributed by atoms with Gasteiger partial charge in [-0.2, -0.15) is 10.2 Å². The second-order valence-electron chi connectivity index (χ2n) is 6.12. The SMILES string of the molecule is CCC(C(=O)Nc1cccc(NC(=O)c2ccnn2CC)c1)n1cc(Cl)cn1. The van der Waals surface area contributed by atoms with Crippen molar-refractivity contribution in [1.82, 2.24) is 19.6 Å². The molecular weight excluding hydrogens is 380 g/mol. The van der Waals surface area contributed by atoms with Gasteiger partial charge in [0.05, 0.1) is 11.2 Å². The monoisotopic (exact) mass is 400 g/mol. The van der Waals surface area contributed by atoms with E-state index in [-0.39, 0.29) is 11.8 Å². The molecule has 0 spiro atoms. The summed E-state index contributed by atoms with van der Waals surface area (Å²) >= 11 is 5.90. The van der Waals surface area contributed by atoms with Crippen molar-refractivity contribution in [3.8, 4) is 0 Å². The number of halogens is 1. The van der Waals surface area contributed by atoms with Crippen LogP contribution in [0.1, 0.15) is 36.8 Å². The Hall–Kier alpha value is -3.13. The molecule has 2 aromatic heterocycles. The number of nitrogens with one attached hydrogen (secondary N) is 2. The molecule has 3 aromatic rings. The Morgan fingerprint density at radius 3 is 2.54 bits per heavy atom. The third kappa shape index (κ3) is 4.40. The standard InChI is InChI=1S/C19H21ClN6O2/c1-3-16(26-12-13(20)11-22-26)18(27)23-14-6-5-7-15(10-14)24-19(28)17-8-9-21-25(17)4-2/h5-12,16H,3-4H2,1-2H3,(H,23,27)(H,24,28). The normalized spacial score (nSPS) is 11.8. The van der Waals surface area contributed by atoms with Crippen LogP contribution >= 0.6 is 11.6 Å². The summed E-state index contributed by atoms with van der Waals surface area (Å²) in [7, 11) is 0. The van der Waals surface area contributed by atoms with Crippen LogP contribution in [0.25, 0.3) is 0 Å². The van der Waals surface area contributed by atoms with Crippen LogP contribution in [0.3, 0.4) is 0 Å². The van der Waals surface area contributed by atoms with Crippen LogP contribution in [0.4, 0.5) is 11.4 Å². The lowest BCUT2D eigenvalue weighted by atomic mass is 10.2. The molecule has 0 aliphatic carbocycles. The second-order valence-corrected chi connectivity index (χ2v) is 6.56. The maximum Gasteiger partial charge on any atom is 0.273 e. The van der Waals surface area contributed by atoms with Crippen molar-refractivity contribution in [2.24, 2.45) is 0 Å². The average Bonchev–Trinajstić information content (AvgIpc) is 3.31. The molecule has 0 radical (unpaired) electrons. The fourth-order valence-electron chi connectivity index (χ4n) is 2.85. The highest BCUT2D eigenvalue weighted by Gasteiger charge is 2.20. The van der Waals surface area contributed by atoms with Gasteiger partial charge in [0.25, 0.3) is 5.91 Å². The number of nitrogens with zero attached hydrogens (tertiary/aromatic N) is 4. The highest BCUT2D eigenvalue weighted by Crippen LogP contribution is 2.20. The zero-order chi connectivity index (χ0) is 20.1. The lowest BCUT2D eigenvalue weighted by Crippen LogP contribution is -2.26. The fourth-order valence-corrected chi connectivity index (χ4v) is 2.99. The second kappa shape index (κ2) is 8.71. The predicted octanol–water partition coefficient (Wildman–Crippen LogP) is 3.60. The van der Waals surface area contributed by atoms with Gasteiger partial charge in [-0.15, -0.1) is 0 Å². The van der Waals surface area contributed by atoms with Gasteiger partial charge < -0.3 is 10.6 Å². The zero-order valence-corrected chi connectivity index (χ0v) is 16.3. The number of rotatable bonds is 7. The maximum absolute atomic E-state index is 12.6. The van der Waals surface area contributed by atoms with Crippen LogP contribution in [-0.2, 0) is 11.3 Å². The van der Waals surface area contributed by atoms with Gasteiger partial charge in [-0.05, 0) is 37.6 Å². The van der Waals surface area contributed by atoms with Crippen LogP contribution in [0.15, 0.2) is 48.9 Å². The molecule has 0 saturated carbocycles. The summed E-state index contributed by atoms with van der Waals surface area (Å²) in [6.45, 7) is 4.41. The molecule has 1 atom stereocenters. The summed E-state index contributed by atoms with van der Waals surface area (Å²) < 4.78 is 3.15. The van der Waals surface area contributed by atoms with Crippen molar-refractivity contribution >= 4 is 34.8 Å². The van der Waals surface area contributed by atoms with Crippen molar-refractivity contribution in [1.29, 1.82) is 0 Å². The van der Waals surface area contributed by atoms with E-state index in [9.17, 15) is 9.59 Å². The van der Waals surface area contributed by atoms with Crippen molar-refractivity contribution in [3.05, 3.63) is 59.6 Å². The van der Waals surface area contributed by atoms with E-state index in [2.05, 4.69) is 20.8 Å². The number of carbonyl (C=O) groups excluding carboxylic acids is 2. The Kier molecular flexibility index (Phi) is 6.10. The van der Waals surface area contributed by atoms with Crippen LogP contribution in [0.5, 0.6) is 0 Å². The molecule has 1 unspecified atom stereocenters. The molecule has 0 aliphatic rings. The minimum Gasteiger partial charge on any atom is -0.324 e. The molecular formula is C19H21ClN6O2. The van der Waals surface area contributed by atoms with E-state index in [0.29, 0.717) is 35.1 Å². The topological polar surface area (TPSA) is 93.8 Å². The molecule has 1 aromatic carbocycles. The van der Waals surface area contributed by atoms with Crippen LogP contribution in [0.2, 0.25) is 5.02 Å². The first kappa shape index (κ1) is 19.6. The smallest absolute Gasteiger partial charge is 0.273 e. The van der Waals surface area contributed by atoms with Gasteiger partial charge in [0.2, 0.25) is 5.91 Å². The van der Waals surface area contributed by atoms with Crippen LogP contribution < -0.4 is 10.6 Å². The van der Waals surface area contributed by atoms with E-state index < -0.39 is 6.04 Å². The highest BCUT2D eigenvalue weighted by atomic mass is 35.5. The van der Waals surface area contributed by atoms with E-state index in [1.54, 1.807) is 47.4 Å². The number of hydrogen-bond acceptors (Lipinski definition) is 4. The van der Waals surface area contributed by atoms with E-state index in [4.69, 9.17) is 11.6 Å². The molecule has 28 heavy (non-hydrogen) atoms. The van der Waals surface area contributed by atoms with Gasteiger partial charge in [-0.25, -0.2) is 0 Å². The number of amides is 2. The molecule has 0 fully saturated rings. The summed E-state index contributed by atoms with van der Waals surface area (Å²) in [5, 5.41) is 14.4. The predicted molar refractivity (Wildman–Crippen MR) is 107 cm³/mol. The molecule has 146 valence electrons. The van der Waals surface area contributed by atoms with E-state index >= 15 is 0 Å². The van der Waals surface area contributed by atoms with Crippen LogP contribution in [0, 0.1) is 0 Å². The van der Waals surface area contributed by atoms with Crippen molar-refractivity contribution in [3.63, 3.8) is 0 Å². The minimum atomic E-state index is -0.482. The number of aryl methyl sites for hydroxylation is 1. The zero-order valence-electron chi connectivity index (χ0n) is 15.6. The molecule has 0 saturated heterocycles. The lowest BCUT2D eigenvalue weighted by Gasteiger charge is -2.16.